The summed E-state index contributed by atoms with van der Waals surface area (Å²) in [6.45, 7) is 2.09. The van der Waals surface area contributed by atoms with Crippen LogP contribution in [0.4, 0.5) is 0 Å². The number of rotatable bonds is 5. The molecule has 2 aromatic rings. The van der Waals surface area contributed by atoms with Crippen LogP contribution in [-0.2, 0) is 4.79 Å². The van der Waals surface area contributed by atoms with E-state index in [1.54, 1.807) is 23.5 Å². The molecular formula is C18H20N2O3S. The van der Waals surface area contributed by atoms with Crippen LogP contribution in [0.2, 0.25) is 0 Å². The predicted octanol–water partition coefficient (Wildman–Crippen LogP) is 3.02. The first-order valence-electron chi connectivity index (χ1n) is 8.02. The van der Waals surface area contributed by atoms with Crippen LogP contribution < -0.4 is 5.32 Å². The Morgan fingerprint density at radius 1 is 1.33 bits per heavy atom. The Morgan fingerprint density at radius 2 is 2.17 bits per heavy atom. The standard InChI is InChI=1S/C18H20N2O3S/c21-17(2-1-15-6-10-24-13-15)19-11-14-3-7-20(8-4-14)18(22)16-5-9-23-12-16/h1-2,5-6,9-10,12-14H,3-4,7-8,11H2,(H,19,21)/b2-1+. The second-order valence-corrected chi connectivity index (χ2v) is 6.66. The minimum Gasteiger partial charge on any atom is -0.472 e. The van der Waals surface area contributed by atoms with Gasteiger partial charge in [0.05, 0.1) is 11.8 Å². The monoisotopic (exact) mass is 344 g/mol. The highest BCUT2D eigenvalue weighted by Crippen LogP contribution is 2.18. The second-order valence-electron chi connectivity index (χ2n) is 5.88. The van der Waals surface area contributed by atoms with Gasteiger partial charge in [0.2, 0.25) is 5.91 Å². The Labute approximate surface area is 145 Å². The van der Waals surface area contributed by atoms with E-state index >= 15 is 0 Å². The van der Waals surface area contributed by atoms with Crippen molar-refractivity contribution in [2.45, 2.75) is 12.8 Å². The summed E-state index contributed by atoms with van der Waals surface area (Å²) in [5.74, 6) is 0.361. The predicted molar refractivity (Wildman–Crippen MR) is 93.7 cm³/mol. The van der Waals surface area contributed by atoms with E-state index in [0.29, 0.717) is 18.0 Å². The lowest BCUT2D eigenvalue weighted by atomic mass is 9.96. The van der Waals surface area contributed by atoms with E-state index in [0.717, 1.165) is 31.5 Å². The van der Waals surface area contributed by atoms with E-state index in [1.807, 2.05) is 27.8 Å². The van der Waals surface area contributed by atoms with E-state index in [4.69, 9.17) is 4.42 Å². The Hall–Kier alpha value is -2.34. The van der Waals surface area contributed by atoms with E-state index in [1.165, 1.54) is 12.5 Å². The Balaban J connectivity index is 1.39. The Morgan fingerprint density at radius 3 is 2.83 bits per heavy atom. The molecule has 6 heteroatoms. The van der Waals surface area contributed by atoms with Gasteiger partial charge in [0.25, 0.3) is 5.91 Å². The lowest BCUT2D eigenvalue weighted by molar-refractivity contribution is -0.116. The molecule has 0 spiro atoms. The van der Waals surface area contributed by atoms with Gasteiger partial charge >= 0.3 is 0 Å². The molecule has 126 valence electrons. The third-order valence-corrected chi connectivity index (χ3v) is 4.91. The summed E-state index contributed by atoms with van der Waals surface area (Å²) in [5.41, 5.74) is 1.64. The zero-order valence-corrected chi connectivity index (χ0v) is 14.1. The SMILES string of the molecule is O=C(/C=C/c1ccsc1)NCC1CCN(C(=O)c2ccoc2)CC1. The van der Waals surface area contributed by atoms with Crippen molar-refractivity contribution in [2.75, 3.05) is 19.6 Å². The van der Waals surface area contributed by atoms with Gasteiger partial charge in [-0.05, 0) is 53.3 Å². The third kappa shape index (κ3) is 4.35. The molecule has 2 amide bonds. The zero-order valence-electron chi connectivity index (χ0n) is 13.3. The fourth-order valence-corrected chi connectivity index (χ4v) is 3.38. The number of amides is 2. The van der Waals surface area contributed by atoms with Gasteiger partial charge in [0, 0.05) is 25.7 Å². The fourth-order valence-electron chi connectivity index (χ4n) is 2.75. The fraction of sp³-hybridized carbons (Fsp3) is 0.333. The van der Waals surface area contributed by atoms with E-state index in [2.05, 4.69) is 5.32 Å². The van der Waals surface area contributed by atoms with Gasteiger partial charge in [-0.3, -0.25) is 9.59 Å². The number of carbonyl (C=O) groups excluding carboxylic acids is 2. The van der Waals surface area contributed by atoms with Gasteiger partial charge in [-0.15, -0.1) is 0 Å². The summed E-state index contributed by atoms with van der Waals surface area (Å²) in [6.07, 6.45) is 8.18. The zero-order chi connectivity index (χ0) is 16.8. The number of nitrogens with one attached hydrogen (secondary N) is 1. The number of carbonyl (C=O) groups is 2. The number of nitrogens with zero attached hydrogens (tertiary/aromatic N) is 1. The smallest absolute Gasteiger partial charge is 0.257 e. The Bertz CT molecular complexity index is 684. The number of furan rings is 1. The highest BCUT2D eigenvalue weighted by atomic mass is 32.1. The van der Waals surface area contributed by atoms with Gasteiger partial charge in [-0.25, -0.2) is 0 Å². The topological polar surface area (TPSA) is 62.6 Å². The molecule has 24 heavy (non-hydrogen) atoms. The van der Waals surface area contributed by atoms with Crippen LogP contribution in [0.25, 0.3) is 6.08 Å². The van der Waals surface area contributed by atoms with Crippen LogP contribution in [0.15, 0.2) is 45.9 Å². The van der Waals surface area contributed by atoms with Crippen LogP contribution in [0, 0.1) is 5.92 Å². The van der Waals surface area contributed by atoms with Crippen LogP contribution in [0.5, 0.6) is 0 Å². The number of likely N-dealkylation sites (tertiary alicyclic amines) is 1. The van der Waals surface area contributed by atoms with E-state index in [-0.39, 0.29) is 11.8 Å². The van der Waals surface area contributed by atoms with Crippen LogP contribution in [0.1, 0.15) is 28.8 Å². The minimum atomic E-state index is -0.0712. The highest BCUT2D eigenvalue weighted by Gasteiger charge is 2.24. The third-order valence-electron chi connectivity index (χ3n) is 4.21. The van der Waals surface area contributed by atoms with E-state index < -0.39 is 0 Å². The average molecular weight is 344 g/mol. The first-order valence-corrected chi connectivity index (χ1v) is 8.96. The van der Waals surface area contributed by atoms with Crippen molar-refractivity contribution in [1.82, 2.24) is 10.2 Å². The number of hydrogen-bond donors (Lipinski definition) is 1. The minimum absolute atomic E-state index is 0.0185. The maximum Gasteiger partial charge on any atom is 0.257 e. The van der Waals surface area contributed by atoms with Crippen molar-refractivity contribution in [3.63, 3.8) is 0 Å². The highest BCUT2D eigenvalue weighted by molar-refractivity contribution is 7.08. The number of piperidine rings is 1. The molecule has 0 saturated carbocycles. The molecule has 3 rings (SSSR count). The van der Waals surface area contributed by atoms with Gasteiger partial charge in [0.15, 0.2) is 0 Å². The van der Waals surface area contributed by atoms with Crippen LogP contribution in [0.3, 0.4) is 0 Å². The molecule has 1 aliphatic rings. The summed E-state index contributed by atoms with van der Waals surface area (Å²) in [7, 11) is 0. The molecule has 0 bridgehead atoms. The quantitative estimate of drug-likeness (QED) is 0.848. The van der Waals surface area contributed by atoms with E-state index in [9.17, 15) is 9.59 Å². The normalized spacial score (nSPS) is 15.8. The molecule has 1 fully saturated rings. The first kappa shape index (κ1) is 16.5. The summed E-state index contributed by atoms with van der Waals surface area (Å²) >= 11 is 1.61. The maximum atomic E-state index is 12.2. The molecule has 1 N–H and O–H groups in total. The van der Waals surface area contributed by atoms with Gasteiger partial charge in [-0.2, -0.15) is 11.3 Å². The molecule has 2 aromatic heterocycles. The molecule has 0 aliphatic carbocycles. The van der Waals surface area contributed by atoms with Crippen molar-refractivity contribution in [3.8, 4) is 0 Å². The molecule has 5 nitrogen and oxygen atoms in total. The summed E-state index contributed by atoms with van der Waals surface area (Å²) in [5, 5.41) is 6.92. The molecule has 0 radical (unpaired) electrons. The van der Waals surface area contributed by atoms with Gasteiger partial charge in [0.1, 0.15) is 6.26 Å². The Kier molecular flexibility index (Phi) is 5.48. The van der Waals surface area contributed by atoms with Gasteiger partial charge in [-0.1, -0.05) is 0 Å². The summed E-state index contributed by atoms with van der Waals surface area (Å²) in [4.78, 5) is 25.9. The molecule has 0 atom stereocenters. The number of hydrogen-bond acceptors (Lipinski definition) is 4. The van der Waals surface area contributed by atoms with Crippen molar-refractivity contribution in [2.24, 2.45) is 5.92 Å². The van der Waals surface area contributed by atoms with Gasteiger partial charge < -0.3 is 14.6 Å². The average Bonchev–Trinajstić information content (AvgIpc) is 3.31. The summed E-state index contributed by atoms with van der Waals surface area (Å²) < 4.78 is 4.96. The lowest BCUT2D eigenvalue weighted by Crippen LogP contribution is -2.41. The van der Waals surface area contributed by atoms with Crippen molar-refractivity contribution >= 4 is 29.2 Å². The van der Waals surface area contributed by atoms with Crippen molar-refractivity contribution in [1.29, 1.82) is 0 Å². The molecule has 0 aromatic carbocycles. The van der Waals surface area contributed by atoms with Crippen molar-refractivity contribution < 1.29 is 14.0 Å². The first-order chi connectivity index (χ1) is 11.7. The molecule has 3 heterocycles. The van der Waals surface area contributed by atoms with Crippen molar-refractivity contribution in [3.05, 3.63) is 52.6 Å². The molecular weight excluding hydrogens is 324 g/mol. The van der Waals surface area contributed by atoms with Crippen LogP contribution >= 0.6 is 11.3 Å². The second kappa shape index (κ2) is 7.97. The molecule has 0 unspecified atom stereocenters. The maximum absolute atomic E-state index is 12.2. The lowest BCUT2D eigenvalue weighted by Gasteiger charge is -2.31. The summed E-state index contributed by atoms with van der Waals surface area (Å²) in [6, 6.07) is 3.66. The molecule has 1 saturated heterocycles. The largest absolute Gasteiger partial charge is 0.472 e. The van der Waals surface area contributed by atoms with Crippen LogP contribution in [-0.4, -0.2) is 36.3 Å². The number of thiophene rings is 1. The molecule has 1 aliphatic heterocycles.